The highest BCUT2D eigenvalue weighted by atomic mass is 32.2. The Hall–Kier alpha value is -2.20. The van der Waals surface area contributed by atoms with Crippen LogP contribution < -0.4 is 5.32 Å². The van der Waals surface area contributed by atoms with Crippen molar-refractivity contribution in [3.05, 3.63) is 41.2 Å². The van der Waals surface area contributed by atoms with Gasteiger partial charge in [-0.1, -0.05) is 23.5 Å². The van der Waals surface area contributed by atoms with Crippen LogP contribution in [0.25, 0.3) is 5.78 Å². The molecule has 0 unspecified atom stereocenters. The molecular weight excluding hydrogens is 392 g/mol. The van der Waals surface area contributed by atoms with Crippen molar-refractivity contribution < 1.29 is 13.6 Å². The van der Waals surface area contributed by atoms with Crippen LogP contribution in [0.2, 0.25) is 0 Å². The maximum absolute atomic E-state index is 12.4. The molecule has 0 atom stereocenters. The Bertz CT molecular complexity index is 976. The van der Waals surface area contributed by atoms with Crippen molar-refractivity contribution in [2.75, 3.05) is 11.6 Å². The third-order valence-corrected chi connectivity index (χ3v) is 5.17. The summed E-state index contributed by atoms with van der Waals surface area (Å²) in [6.07, 6.45) is 2.01. The Morgan fingerprint density at radius 1 is 1.22 bits per heavy atom. The largest absolute Gasteiger partial charge is 0.326 e. The third-order valence-electron chi connectivity index (χ3n) is 3.91. The number of hydrogen-bond acceptors (Lipinski definition) is 6. The molecule has 3 aromatic rings. The number of anilines is 1. The number of fused-ring (bicyclic) bond motifs is 1. The van der Waals surface area contributed by atoms with Gasteiger partial charge in [0, 0.05) is 27.5 Å². The number of alkyl halides is 2. The van der Waals surface area contributed by atoms with Crippen LogP contribution in [0.4, 0.5) is 14.5 Å². The van der Waals surface area contributed by atoms with E-state index in [0.29, 0.717) is 33.3 Å². The van der Waals surface area contributed by atoms with Crippen molar-refractivity contribution in [2.45, 2.75) is 36.1 Å². The quantitative estimate of drug-likeness (QED) is 0.622. The van der Waals surface area contributed by atoms with Crippen molar-refractivity contribution in [1.82, 2.24) is 19.6 Å². The molecule has 0 fully saturated rings. The topological polar surface area (TPSA) is 72.2 Å². The Balaban J connectivity index is 1.75. The minimum Gasteiger partial charge on any atom is -0.326 e. The number of hydrogen-bond donors (Lipinski definition) is 1. The van der Waals surface area contributed by atoms with E-state index < -0.39 is 5.76 Å². The van der Waals surface area contributed by atoms with Crippen LogP contribution in [0, 0.1) is 13.8 Å². The van der Waals surface area contributed by atoms with Crippen molar-refractivity contribution in [3.8, 4) is 0 Å². The molecule has 0 aliphatic heterocycles. The summed E-state index contributed by atoms with van der Waals surface area (Å²) >= 11 is 1.89. The number of nitrogens with one attached hydrogen (secondary N) is 1. The Morgan fingerprint density at radius 3 is 2.56 bits per heavy atom. The SMILES string of the molecule is CSc1nc2nc(C)c(CC(=O)Nc3ccc(SC(F)F)cc3)c(C)n2n1. The van der Waals surface area contributed by atoms with E-state index in [0.717, 1.165) is 17.0 Å². The second-order valence-corrected chi connectivity index (χ2v) is 7.54. The summed E-state index contributed by atoms with van der Waals surface area (Å²) in [6, 6.07) is 6.31. The van der Waals surface area contributed by atoms with Gasteiger partial charge in [0.2, 0.25) is 11.1 Å². The summed E-state index contributed by atoms with van der Waals surface area (Å²) in [7, 11) is 0. The third kappa shape index (κ3) is 4.56. The zero-order valence-electron chi connectivity index (χ0n) is 14.9. The number of nitrogens with zero attached hydrogens (tertiary/aromatic N) is 4. The lowest BCUT2D eigenvalue weighted by atomic mass is 10.1. The first-order valence-corrected chi connectivity index (χ1v) is 10.1. The van der Waals surface area contributed by atoms with Gasteiger partial charge in [0.05, 0.1) is 6.42 Å². The Labute approximate surface area is 163 Å². The minimum absolute atomic E-state index is 0.128. The molecular formula is C17H17F2N5OS2. The summed E-state index contributed by atoms with van der Waals surface area (Å²) in [5.74, 6) is -2.19. The average Bonchev–Trinajstić information content (AvgIpc) is 3.03. The van der Waals surface area contributed by atoms with Gasteiger partial charge in [0.25, 0.3) is 11.5 Å². The van der Waals surface area contributed by atoms with E-state index in [9.17, 15) is 13.6 Å². The van der Waals surface area contributed by atoms with Crippen LogP contribution in [0.15, 0.2) is 34.3 Å². The lowest BCUT2D eigenvalue weighted by molar-refractivity contribution is -0.115. The van der Waals surface area contributed by atoms with Gasteiger partial charge in [-0.2, -0.15) is 13.8 Å². The first kappa shape index (κ1) is 19.6. The summed E-state index contributed by atoms with van der Waals surface area (Å²) in [4.78, 5) is 21.6. The molecule has 10 heteroatoms. The second-order valence-electron chi connectivity index (χ2n) is 5.70. The van der Waals surface area contributed by atoms with Crippen molar-refractivity contribution >= 4 is 40.9 Å². The fraction of sp³-hybridized carbons (Fsp3) is 0.294. The Morgan fingerprint density at radius 2 is 1.93 bits per heavy atom. The molecule has 27 heavy (non-hydrogen) atoms. The van der Waals surface area contributed by atoms with Gasteiger partial charge in [0.1, 0.15) is 0 Å². The summed E-state index contributed by atoms with van der Waals surface area (Å²) in [5, 5.41) is 7.76. The number of aryl methyl sites for hydroxylation is 2. The maximum Gasteiger partial charge on any atom is 0.288 e. The number of carbonyl (C=O) groups is 1. The molecule has 0 aliphatic carbocycles. The van der Waals surface area contributed by atoms with E-state index in [1.165, 1.54) is 11.8 Å². The predicted molar refractivity (Wildman–Crippen MR) is 103 cm³/mol. The first-order chi connectivity index (χ1) is 12.9. The monoisotopic (exact) mass is 409 g/mol. The molecule has 6 nitrogen and oxygen atoms in total. The van der Waals surface area contributed by atoms with Crippen LogP contribution in [0.1, 0.15) is 17.0 Å². The second kappa shape index (κ2) is 8.22. The molecule has 0 aliphatic rings. The molecule has 0 saturated carbocycles. The molecule has 2 heterocycles. The van der Waals surface area contributed by atoms with E-state index in [1.807, 2.05) is 20.1 Å². The number of thioether (sulfide) groups is 2. The van der Waals surface area contributed by atoms with E-state index >= 15 is 0 Å². The highest BCUT2D eigenvalue weighted by molar-refractivity contribution is 7.99. The highest BCUT2D eigenvalue weighted by Crippen LogP contribution is 2.26. The van der Waals surface area contributed by atoms with E-state index in [1.54, 1.807) is 28.8 Å². The fourth-order valence-electron chi connectivity index (χ4n) is 2.62. The lowest BCUT2D eigenvalue weighted by Crippen LogP contribution is -2.17. The van der Waals surface area contributed by atoms with Gasteiger partial charge in [-0.15, -0.1) is 5.10 Å². The lowest BCUT2D eigenvalue weighted by Gasteiger charge is -2.11. The van der Waals surface area contributed by atoms with E-state index in [-0.39, 0.29) is 12.3 Å². The van der Waals surface area contributed by atoms with Crippen LogP contribution in [0.3, 0.4) is 0 Å². The minimum atomic E-state index is -2.47. The molecule has 142 valence electrons. The molecule has 0 saturated heterocycles. The standard InChI is InChI=1S/C17H17F2N5OS2/c1-9-13(10(2)24-16(20-9)22-17(23-24)26-3)8-14(25)21-11-4-6-12(7-5-11)27-15(18)19/h4-7,15H,8H2,1-3H3,(H,21,25). The maximum atomic E-state index is 12.4. The number of aromatic nitrogens is 4. The molecule has 0 spiro atoms. The van der Waals surface area contributed by atoms with Gasteiger partial charge in [0.15, 0.2) is 0 Å². The van der Waals surface area contributed by atoms with Crippen molar-refractivity contribution in [3.63, 3.8) is 0 Å². The van der Waals surface area contributed by atoms with Gasteiger partial charge in [-0.3, -0.25) is 4.79 Å². The van der Waals surface area contributed by atoms with Crippen LogP contribution in [-0.4, -0.2) is 37.5 Å². The molecule has 1 aromatic carbocycles. The van der Waals surface area contributed by atoms with Crippen LogP contribution >= 0.6 is 23.5 Å². The smallest absolute Gasteiger partial charge is 0.288 e. The number of benzene rings is 1. The van der Waals surface area contributed by atoms with Crippen molar-refractivity contribution in [2.24, 2.45) is 0 Å². The summed E-state index contributed by atoms with van der Waals surface area (Å²) in [5.41, 5.74) is 2.86. The zero-order valence-corrected chi connectivity index (χ0v) is 16.5. The molecule has 2 aromatic heterocycles. The van der Waals surface area contributed by atoms with E-state index in [2.05, 4.69) is 20.4 Å². The number of carbonyl (C=O) groups excluding carboxylic acids is 1. The van der Waals surface area contributed by atoms with Crippen LogP contribution in [-0.2, 0) is 11.2 Å². The average molecular weight is 409 g/mol. The molecule has 0 bridgehead atoms. The van der Waals surface area contributed by atoms with Gasteiger partial charge >= 0.3 is 0 Å². The zero-order chi connectivity index (χ0) is 19.6. The van der Waals surface area contributed by atoms with Gasteiger partial charge in [-0.25, -0.2) is 9.50 Å². The Kier molecular flexibility index (Phi) is 5.95. The highest BCUT2D eigenvalue weighted by Gasteiger charge is 2.16. The molecule has 3 rings (SSSR count). The van der Waals surface area contributed by atoms with Crippen molar-refractivity contribution in [1.29, 1.82) is 0 Å². The molecule has 1 amide bonds. The van der Waals surface area contributed by atoms with Crippen LogP contribution in [0.5, 0.6) is 0 Å². The normalized spacial score (nSPS) is 11.3. The predicted octanol–water partition coefficient (Wildman–Crippen LogP) is 3.96. The first-order valence-electron chi connectivity index (χ1n) is 7.99. The van der Waals surface area contributed by atoms with Gasteiger partial charge < -0.3 is 5.32 Å². The summed E-state index contributed by atoms with van der Waals surface area (Å²) < 4.78 is 26.4. The molecule has 0 radical (unpaired) electrons. The number of rotatable bonds is 6. The number of amides is 1. The van der Waals surface area contributed by atoms with Gasteiger partial charge in [-0.05, 0) is 44.4 Å². The molecule has 1 N–H and O–H groups in total. The number of halogens is 2. The summed E-state index contributed by atoms with van der Waals surface area (Å²) in [6.45, 7) is 3.71. The fourth-order valence-corrected chi connectivity index (χ4v) is 3.45. The van der Waals surface area contributed by atoms with E-state index in [4.69, 9.17) is 0 Å².